The zero-order valence-electron chi connectivity index (χ0n) is 9.44. The molecule has 1 aromatic heterocycles. The van der Waals surface area contributed by atoms with Crippen molar-refractivity contribution in [1.82, 2.24) is 5.32 Å². The molecule has 0 bridgehead atoms. The molecule has 0 spiro atoms. The molecule has 16 heavy (non-hydrogen) atoms. The lowest BCUT2D eigenvalue weighted by atomic mass is 10.3. The van der Waals surface area contributed by atoms with Gasteiger partial charge in [-0.2, -0.15) is 11.8 Å². The monoisotopic (exact) mass is 255 g/mol. The van der Waals surface area contributed by atoms with E-state index in [2.05, 4.69) is 29.8 Å². The van der Waals surface area contributed by atoms with Gasteiger partial charge in [0.2, 0.25) is 5.91 Å². The highest BCUT2D eigenvalue weighted by atomic mass is 32.2. The van der Waals surface area contributed by atoms with Gasteiger partial charge in [-0.15, -0.1) is 11.3 Å². The van der Waals surface area contributed by atoms with Crippen molar-refractivity contribution in [3.05, 3.63) is 22.4 Å². The Morgan fingerprint density at radius 2 is 2.50 bits per heavy atom. The summed E-state index contributed by atoms with van der Waals surface area (Å²) in [6, 6.07) is 4.24. The maximum absolute atomic E-state index is 11.5. The third kappa shape index (κ3) is 3.52. The molecule has 2 atom stereocenters. The molecule has 0 unspecified atom stereocenters. The third-order valence-corrected chi connectivity index (χ3v) is 4.88. The van der Waals surface area contributed by atoms with Gasteiger partial charge in [-0.1, -0.05) is 13.0 Å². The Kier molecular flexibility index (Phi) is 4.29. The summed E-state index contributed by atoms with van der Waals surface area (Å²) in [6.07, 6.45) is 1.08. The second kappa shape index (κ2) is 5.73. The molecular formula is C12H17NOS2. The number of hydrogen-bond donors (Lipinski definition) is 1. The molecule has 4 heteroatoms. The van der Waals surface area contributed by atoms with Crippen molar-refractivity contribution in [2.45, 2.75) is 19.1 Å². The van der Waals surface area contributed by atoms with Crippen LogP contribution in [0.25, 0.3) is 0 Å². The smallest absolute Gasteiger partial charge is 0.223 e. The van der Waals surface area contributed by atoms with Crippen LogP contribution in [0.3, 0.4) is 0 Å². The van der Waals surface area contributed by atoms with E-state index in [9.17, 15) is 4.79 Å². The van der Waals surface area contributed by atoms with Gasteiger partial charge in [-0.05, 0) is 23.8 Å². The van der Waals surface area contributed by atoms with Crippen molar-refractivity contribution in [2.24, 2.45) is 11.8 Å². The normalized spacial score (nSPS) is 23.1. The zero-order valence-corrected chi connectivity index (χ0v) is 11.1. The molecule has 0 saturated heterocycles. The lowest BCUT2D eigenvalue weighted by Gasteiger charge is -2.03. The second-order valence-corrected chi connectivity index (χ2v) is 6.38. The maximum atomic E-state index is 11.5. The van der Waals surface area contributed by atoms with Crippen LogP contribution >= 0.6 is 23.1 Å². The molecule has 1 heterocycles. The largest absolute Gasteiger partial charge is 0.355 e. The average Bonchev–Trinajstić information content (AvgIpc) is 2.80. The van der Waals surface area contributed by atoms with Crippen LogP contribution in [-0.4, -0.2) is 18.2 Å². The summed E-state index contributed by atoms with van der Waals surface area (Å²) in [5.41, 5.74) is 0. The molecule has 1 amide bonds. The van der Waals surface area contributed by atoms with Crippen LogP contribution in [-0.2, 0) is 10.5 Å². The van der Waals surface area contributed by atoms with E-state index in [1.54, 1.807) is 11.3 Å². The summed E-state index contributed by atoms with van der Waals surface area (Å²) < 4.78 is 0. The molecule has 1 aliphatic carbocycles. The highest BCUT2D eigenvalue weighted by Crippen LogP contribution is 2.37. The van der Waals surface area contributed by atoms with Crippen LogP contribution in [0.4, 0.5) is 0 Å². The fourth-order valence-corrected chi connectivity index (χ4v) is 3.33. The molecule has 1 aliphatic rings. The van der Waals surface area contributed by atoms with Crippen LogP contribution in [0.5, 0.6) is 0 Å². The Bertz CT molecular complexity index is 337. The van der Waals surface area contributed by atoms with E-state index in [1.807, 2.05) is 11.8 Å². The van der Waals surface area contributed by atoms with E-state index in [4.69, 9.17) is 0 Å². The summed E-state index contributed by atoms with van der Waals surface area (Å²) in [6.45, 7) is 2.94. The topological polar surface area (TPSA) is 29.1 Å². The first-order chi connectivity index (χ1) is 7.77. The highest BCUT2D eigenvalue weighted by molar-refractivity contribution is 7.98. The van der Waals surface area contributed by atoms with Gasteiger partial charge in [-0.3, -0.25) is 4.79 Å². The lowest BCUT2D eigenvalue weighted by Crippen LogP contribution is -2.27. The van der Waals surface area contributed by atoms with Crippen molar-refractivity contribution in [3.63, 3.8) is 0 Å². The van der Waals surface area contributed by atoms with Crippen LogP contribution < -0.4 is 5.32 Å². The van der Waals surface area contributed by atoms with Gasteiger partial charge in [0.15, 0.2) is 0 Å². The molecule has 1 saturated carbocycles. The van der Waals surface area contributed by atoms with Crippen LogP contribution in [0.1, 0.15) is 18.2 Å². The Balaban J connectivity index is 1.50. The van der Waals surface area contributed by atoms with E-state index < -0.39 is 0 Å². The predicted molar refractivity (Wildman–Crippen MR) is 70.8 cm³/mol. The average molecular weight is 255 g/mol. The molecule has 88 valence electrons. The number of nitrogens with one attached hydrogen (secondary N) is 1. The van der Waals surface area contributed by atoms with Crippen molar-refractivity contribution in [3.8, 4) is 0 Å². The molecule has 1 fully saturated rings. The molecular weight excluding hydrogens is 238 g/mol. The highest BCUT2D eigenvalue weighted by Gasteiger charge is 2.38. The van der Waals surface area contributed by atoms with Gasteiger partial charge < -0.3 is 5.32 Å². The van der Waals surface area contributed by atoms with Gasteiger partial charge in [0, 0.05) is 28.8 Å². The maximum Gasteiger partial charge on any atom is 0.223 e. The third-order valence-electron chi connectivity index (χ3n) is 2.82. The minimum atomic E-state index is 0.254. The minimum absolute atomic E-state index is 0.254. The van der Waals surface area contributed by atoms with Gasteiger partial charge in [0.05, 0.1) is 0 Å². The molecule has 0 aromatic carbocycles. The predicted octanol–water partition coefficient (Wildman–Crippen LogP) is 2.75. The van der Waals surface area contributed by atoms with Gasteiger partial charge in [0.1, 0.15) is 0 Å². The number of rotatable bonds is 6. The summed E-state index contributed by atoms with van der Waals surface area (Å²) in [5, 5.41) is 5.10. The van der Waals surface area contributed by atoms with Gasteiger partial charge in [-0.25, -0.2) is 0 Å². The SMILES string of the molecule is C[C@H]1C[C@H]1C(=O)NCCSCc1cccs1. The Labute approximate surface area is 105 Å². The minimum Gasteiger partial charge on any atom is -0.355 e. The van der Waals surface area contributed by atoms with E-state index in [0.717, 1.165) is 24.5 Å². The Morgan fingerprint density at radius 3 is 3.12 bits per heavy atom. The van der Waals surface area contributed by atoms with Crippen LogP contribution in [0.2, 0.25) is 0 Å². The fraction of sp³-hybridized carbons (Fsp3) is 0.583. The molecule has 1 aromatic rings. The van der Waals surface area contributed by atoms with E-state index in [1.165, 1.54) is 4.88 Å². The summed E-state index contributed by atoms with van der Waals surface area (Å²) >= 11 is 3.68. The molecule has 0 radical (unpaired) electrons. The number of thioether (sulfide) groups is 1. The molecule has 1 N–H and O–H groups in total. The molecule has 2 nitrogen and oxygen atoms in total. The first kappa shape index (κ1) is 12.0. The first-order valence-corrected chi connectivity index (χ1v) is 7.68. The Hall–Kier alpha value is -0.480. The van der Waals surface area contributed by atoms with E-state index >= 15 is 0 Å². The zero-order chi connectivity index (χ0) is 11.4. The summed E-state index contributed by atoms with van der Waals surface area (Å²) in [5.74, 6) is 3.24. The second-order valence-electron chi connectivity index (χ2n) is 4.24. The van der Waals surface area contributed by atoms with Crippen LogP contribution in [0.15, 0.2) is 17.5 Å². The fourth-order valence-electron chi connectivity index (χ4n) is 1.63. The van der Waals surface area contributed by atoms with E-state index in [-0.39, 0.29) is 5.91 Å². The van der Waals surface area contributed by atoms with Gasteiger partial charge >= 0.3 is 0 Å². The van der Waals surface area contributed by atoms with Crippen LogP contribution in [0, 0.1) is 11.8 Å². The first-order valence-electron chi connectivity index (χ1n) is 5.65. The molecule has 0 aliphatic heterocycles. The lowest BCUT2D eigenvalue weighted by molar-refractivity contribution is -0.122. The standard InChI is InChI=1S/C12H17NOS2/c1-9-7-11(9)12(14)13-4-6-15-8-10-3-2-5-16-10/h2-3,5,9,11H,4,6-8H2,1H3,(H,13,14)/t9-,11+/m0/s1. The van der Waals surface area contributed by atoms with Crippen molar-refractivity contribution in [2.75, 3.05) is 12.3 Å². The number of thiophene rings is 1. The van der Waals surface area contributed by atoms with Crippen molar-refractivity contribution in [1.29, 1.82) is 0 Å². The van der Waals surface area contributed by atoms with Crippen molar-refractivity contribution < 1.29 is 4.79 Å². The summed E-state index contributed by atoms with van der Waals surface area (Å²) in [7, 11) is 0. The number of carbonyl (C=O) groups is 1. The molecule has 2 rings (SSSR count). The quantitative estimate of drug-likeness (QED) is 0.792. The number of hydrogen-bond acceptors (Lipinski definition) is 3. The van der Waals surface area contributed by atoms with E-state index in [0.29, 0.717) is 11.8 Å². The number of amides is 1. The van der Waals surface area contributed by atoms with Gasteiger partial charge in [0.25, 0.3) is 0 Å². The summed E-state index contributed by atoms with van der Waals surface area (Å²) in [4.78, 5) is 12.9. The number of carbonyl (C=O) groups excluding carboxylic acids is 1. The van der Waals surface area contributed by atoms with Crippen molar-refractivity contribution >= 4 is 29.0 Å². The Morgan fingerprint density at radius 1 is 1.69 bits per heavy atom.